The second kappa shape index (κ2) is 6.36. The Balaban J connectivity index is 1.77. The highest BCUT2D eigenvalue weighted by atomic mass is 32.2. The maximum Gasteiger partial charge on any atom is 0.407 e. The van der Waals surface area contributed by atoms with Crippen molar-refractivity contribution in [2.75, 3.05) is 19.8 Å². The minimum absolute atomic E-state index is 0.0214. The van der Waals surface area contributed by atoms with Crippen LogP contribution in [0.2, 0.25) is 0 Å². The summed E-state index contributed by atoms with van der Waals surface area (Å²) in [6.45, 7) is 8.76. The molecule has 0 radical (unpaired) electrons. The summed E-state index contributed by atoms with van der Waals surface area (Å²) in [7, 11) is 0. The molecule has 150 valence electrons. The zero-order valence-electron chi connectivity index (χ0n) is 15.5. The second-order valence-corrected chi connectivity index (χ2v) is 8.87. The van der Waals surface area contributed by atoms with Gasteiger partial charge in [-0.1, -0.05) is 0 Å². The molecule has 0 aromatic rings. The van der Waals surface area contributed by atoms with Crippen molar-refractivity contribution in [2.45, 2.75) is 69.5 Å². The highest BCUT2D eigenvalue weighted by Gasteiger charge is 2.69. The van der Waals surface area contributed by atoms with E-state index in [0.717, 1.165) is 0 Å². The first-order valence-electron chi connectivity index (χ1n) is 8.34. The lowest BCUT2D eigenvalue weighted by Gasteiger charge is -2.57. The van der Waals surface area contributed by atoms with E-state index in [2.05, 4.69) is 10.0 Å². The van der Waals surface area contributed by atoms with Gasteiger partial charge in [-0.25, -0.2) is 9.52 Å². The van der Waals surface area contributed by atoms with Crippen LogP contribution in [0.3, 0.4) is 0 Å². The molecular weight excluding hydrogens is 368 g/mol. The lowest BCUT2D eigenvalue weighted by atomic mass is 9.82. The molecule has 2 bridgehead atoms. The molecule has 1 amide bonds. The van der Waals surface area contributed by atoms with Crippen LogP contribution in [0.1, 0.15) is 34.6 Å². The Morgan fingerprint density at radius 3 is 2.42 bits per heavy atom. The Bertz CT molecular complexity index is 597. The van der Waals surface area contributed by atoms with Crippen LogP contribution in [0.4, 0.5) is 4.79 Å². The molecule has 4 rings (SSSR count). The molecule has 4 heterocycles. The Labute approximate surface area is 154 Å². The summed E-state index contributed by atoms with van der Waals surface area (Å²) >= 11 is -2.58. The number of amides is 1. The maximum absolute atomic E-state index is 12.0. The van der Waals surface area contributed by atoms with Crippen LogP contribution in [-0.4, -0.2) is 69.5 Å². The fourth-order valence-electron chi connectivity index (χ4n) is 3.40. The SMILES string of the molecule is CC(C)(C)OC(=O)NCC12COC(NS(=O)[O-])(CO1)C1OC(C)(C)OC12. The number of nitrogens with one attached hydrogen (secondary N) is 2. The van der Waals surface area contributed by atoms with Gasteiger partial charge < -0.3 is 33.6 Å². The predicted molar refractivity (Wildman–Crippen MR) is 87.5 cm³/mol. The molecule has 0 saturated carbocycles. The maximum atomic E-state index is 12.0. The lowest BCUT2D eigenvalue weighted by Crippen LogP contribution is -2.79. The van der Waals surface area contributed by atoms with Crippen molar-refractivity contribution >= 4 is 17.4 Å². The van der Waals surface area contributed by atoms with Crippen LogP contribution < -0.4 is 10.0 Å². The summed E-state index contributed by atoms with van der Waals surface area (Å²) < 4.78 is 53.6. The smallest absolute Gasteiger partial charge is 0.407 e. The minimum atomic E-state index is -2.58. The van der Waals surface area contributed by atoms with Crippen molar-refractivity contribution in [1.82, 2.24) is 10.0 Å². The van der Waals surface area contributed by atoms with Gasteiger partial charge in [0.25, 0.3) is 0 Å². The molecule has 4 saturated heterocycles. The Morgan fingerprint density at radius 2 is 1.88 bits per heavy atom. The molecule has 0 aromatic heterocycles. The number of carbonyl (C=O) groups excluding carboxylic acids is 1. The molecule has 4 aliphatic rings. The summed E-state index contributed by atoms with van der Waals surface area (Å²) in [5.41, 5.74) is -3.01. The van der Waals surface area contributed by atoms with Gasteiger partial charge in [-0.3, -0.25) is 4.21 Å². The summed E-state index contributed by atoms with van der Waals surface area (Å²) in [6, 6.07) is 0. The number of alkyl carbamates (subject to hydrolysis) is 1. The van der Waals surface area contributed by atoms with E-state index in [1.54, 1.807) is 34.6 Å². The molecule has 11 heteroatoms. The van der Waals surface area contributed by atoms with Crippen LogP contribution in [0.25, 0.3) is 0 Å². The van der Waals surface area contributed by atoms with E-state index in [4.69, 9.17) is 23.7 Å². The van der Waals surface area contributed by atoms with Crippen molar-refractivity contribution in [2.24, 2.45) is 0 Å². The standard InChI is InChI=1S/C15H26N2O8S/c1-12(2,3)25-11(18)16-6-14-7-22-15(8-21-14,17-26(19)20)10-9(14)23-13(4,5)24-10/h9-10,17H,6-8H2,1-5H3,(H,16,18)(H,19,20)/p-1. The molecule has 0 aliphatic carbocycles. The zero-order valence-corrected chi connectivity index (χ0v) is 16.3. The van der Waals surface area contributed by atoms with Crippen molar-refractivity contribution in [3.8, 4) is 0 Å². The Hall–Kier alpha value is -0.820. The largest absolute Gasteiger partial charge is 0.760 e. The van der Waals surface area contributed by atoms with Crippen molar-refractivity contribution in [3.63, 3.8) is 0 Å². The van der Waals surface area contributed by atoms with E-state index in [1.807, 2.05) is 0 Å². The van der Waals surface area contributed by atoms with Gasteiger partial charge in [0.1, 0.15) is 23.4 Å². The lowest BCUT2D eigenvalue weighted by molar-refractivity contribution is -0.332. The average Bonchev–Trinajstić information content (AvgIpc) is 2.82. The fraction of sp³-hybridized carbons (Fsp3) is 0.933. The van der Waals surface area contributed by atoms with E-state index in [0.29, 0.717) is 0 Å². The quantitative estimate of drug-likeness (QED) is 0.635. The van der Waals surface area contributed by atoms with Crippen LogP contribution in [0, 0.1) is 0 Å². The number of fused-ring (bicyclic) bond motifs is 2. The van der Waals surface area contributed by atoms with Crippen molar-refractivity contribution < 1.29 is 37.2 Å². The van der Waals surface area contributed by atoms with E-state index in [-0.39, 0.29) is 19.8 Å². The molecule has 0 aromatic carbocycles. The van der Waals surface area contributed by atoms with Gasteiger partial charge in [0.05, 0.1) is 19.8 Å². The van der Waals surface area contributed by atoms with E-state index >= 15 is 0 Å². The molecule has 4 aliphatic heterocycles. The van der Waals surface area contributed by atoms with Gasteiger partial charge in [-0.15, -0.1) is 0 Å². The van der Waals surface area contributed by atoms with E-state index in [9.17, 15) is 13.6 Å². The summed E-state index contributed by atoms with van der Waals surface area (Å²) in [6.07, 6.45) is -1.95. The first-order chi connectivity index (χ1) is 11.9. The van der Waals surface area contributed by atoms with Gasteiger partial charge in [0, 0.05) is 11.3 Å². The van der Waals surface area contributed by atoms with Crippen LogP contribution in [-0.2, 0) is 35.0 Å². The Morgan fingerprint density at radius 1 is 1.23 bits per heavy atom. The number of rotatable bonds is 4. The zero-order chi connectivity index (χ0) is 19.4. The molecule has 10 nitrogen and oxygen atoms in total. The van der Waals surface area contributed by atoms with Crippen LogP contribution in [0.5, 0.6) is 0 Å². The molecule has 5 unspecified atom stereocenters. The Kier molecular flexibility index (Phi) is 4.88. The van der Waals surface area contributed by atoms with E-state index < -0.39 is 52.3 Å². The van der Waals surface area contributed by atoms with Crippen LogP contribution >= 0.6 is 0 Å². The third-order valence-electron chi connectivity index (χ3n) is 4.41. The molecule has 0 spiro atoms. The number of hydrogen-bond acceptors (Lipinski definition) is 8. The average molecular weight is 393 g/mol. The minimum Gasteiger partial charge on any atom is -0.760 e. The molecule has 26 heavy (non-hydrogen) atoms. The molecule has 5 atom stereocenters. The van der Waals surface area contributed by atoms with Gasteiger partial charge >= 0.3 is 6.09 Å². The summed E-state index contributed by atoms with van der Waals surface area (Å²) in [5, 5.41) is 2.67. The molecule has 2 N–H and O–H groups in total. The monoisotopic (exact) mass is 393 g/mol. The normalized spacial score (nSPS) is 39.3. The third kappa shape index (κ3) is 3.75. The highest BCUT2D eigenvalue weighted by Crippen LogP contribution is 2.48. The number of hydrogen-bond donors (Lipinski definition) is 2. The van der Waals surface area contributed by atoms with Gasteiger partial charge in [-0.05, 0) is 34.6 Å². The number of ether oxygens (including phenoxy) is 5. The first kappa shape index (κ1) is 19.9. The fourth-order valence-corrected chi connectivity index (χ4v) is 3.91. The summed E-state index contributed by atoms with van der Waals surface area (Å²) in [4.78, 5) is 12.0. The van der Waals surface area contributed by atoms with Gasteiger partial charge in [0.2, 0.25) is 0 Å². The van der Waals surface area contributed by atoms with Gasteiger partial charge in [-0.2, -0.15) is 0 Å². The van der Waals surface area contributed by atoms with E-state index in [1.165, 1.54) is 0 Å². The first-order valence-corrected chi connectivity index (χ1v) is 9.41. The topological polar surface area (TPSA) is 127 Å². The highest BCUT2D eigenvalue weighted by molar-refractivity contribution is 7.77. The van der Waals surface area contributed by atoms with Crippen LogP contribution in [0.15, 0.2) is 0 Å². The number of carbonyl (C=O) groups is 1. The summed E-state index contributed by atoms with van der Waals surface area (Å²) in [5.74, 6) is -0.953. The molecular formula is C15H25N2O8S-. The third-order valence-corrected chi connectivity index (χ3v) is 4.92. The van der Waals surface area contributed by atoms with Gasteiger partial charge in [0.15, 0.2) is 11.5 Å². The predicted octanol–water partition coefficient (Wildman–Crippen LogP) is -0.0896. The van der Waals surface area contributed by atoms with Crippen molar-refractivity contribution in [3.05, 3.63) is 0 Å². The molecule has 4 fully saturated rings. The van der Waals surface area contributed by atoms with Crippen molar-refractivity contribution in [1.29, 1.82) is 0 Å². The second-order valence-electron chi connectivity index (χ2n) is 8.20.